The van der Waals surface area contributed by atoms with Gasteiger partial charge in [-0.1, -0.05) is 26.8 Å². The molecule has 1 aromatic rings. The van der Waals surface area contributed by atoms with E-state index in [1.54, 1.807) is 13.0 Å². The summed E-state index contributed by atoms with van der Waals surface area (Å²) in [5.74, 6) is -0.816. The SMILES string of the molecule is CC.Cc1cc2c(c(F)c1F)CC(C)CC2. The van der Waals surface area contributed by atoms with Gasteiger partial charge < -0.3 is 0 Å². The van der Waals surface area contributed by atoms with E-state index in [2.05, 4.69) is 6.92 Å². The third-order valence-electron chi connectivity index (χ3n) is 3.04. The monoisotopic (exact) mass is 226 g/mol. The molecule has 0 saturated carbocycles. The van der Waals surface area contributed by atoms with Crippen molar-refractivity contribution < 1.29 is 8.78 Å². The quantitative estimate of drug-likeness (QED) is 0.614. The predicted octanol–water partition coefficient (Wildman–Crippen LogP) is 4.42. The Labute approximate surface area is 96.7 Å². The van der Waals surface area contributed by atoms with E-state index in [9.17, 15) is 8.78 Å². The summed E-state index contributed by atoms with van der Waals surface area (Å²) in [5.41, 5.74) is 2.03. The molecule has 0 fully saturated rings. The molecule has 0 bridgehead atoms. The van der Waals surface area contributed by atoms with Crippen LogP contribution in [0.4, 0.5) is 8.78 Å². The Morgan fingerprint density at radius 3 is 2.44 bits per heavy atom. The zero-order valence-electron chi connectivity index (χ0n) is 10.5. The van der Waals surface area contributed by atoms with Gasteiger partial charge in [-0.3, -0.25) is 0 Å². The summed E-state index contributed by atoms with van der Waals surface area (Å²) in [4.78, 5) is 0. The molecule has 0 aliphatic heterocycles. The Bertz CT molecular complexity index is 369. The number of fused-ring (bicyclic) bond motifs is 1. The topological polar surface area (TPSA) is 0 Å². The van der Waals surface area contributed by atoms with Gasteiger partial charge in [0, 0.05) is 0 Å². The molecule has 0 amide bonds. The van der Waals surface area contributed by atoms with Gasteiger partial charge in [0.05, 0.1) is 0 Å². The minimum absolute atomic E-state index is 0.427. The molecule has 0 heterocycles. The first kappa shape index (κ1) is 13.1. The third-order valence-corrected chi connectivity index (χ3v) is 3.04. The van der Waals surface area contributed by atoms with Crippen LogP contribution in [0.1, 0.15) is 43.9 Å². The Morgan fingerprint density at radius 1 is 1.19 bits per heavy atom. The first-order valence-electron chi connectivity index (χ1n) is 6.06. The van der Waals surface area contributed by atoms with Gasteiger partial charge in [0.25, 0.3) is 0 Å². The maximum atomic E-state index is 13.5. The van der Waals surface area contributed by atoms with Crippen molar-refractivity contribution in [2.24, 2.45) is 5.92 Å². The lowest BCUT2D eigenvalue weighted by Gasteiger charge is -2.22. The van der Waals surface area contributed by atoms with E-state index in [0.29, 0.717) is 23.5 Å². The van der Waals surface area contributed by atoms with Gasteiger partial charge in [-0.15, -0.1) is 0 Å². The normalized spacial score (nSPS) is 18.5. The smallest absolute Gasteiger partial charge is 0.162 e. The molecule has 2 rings (SSSR count). The third kappa shape index (κ3) is 2.42. The van der Waals surface area contributed by atoms with Crippen molar-refractivity contribution >= 4 is 0 Å². The van der Waals surface area contributed by atoms with Crippen LogP contribution in [0.5, 0.6) is 0 Å². The molecular weight excluding hydrogens is 206 g/mol. The maximum absolute atomic E-state index is 13.5. The molecule has 1 atom stereocenters. The largest absolute Gasteiger partial charge is 0.203 e. The highest BCUT2D eigenvalue weighted by Crippen LogP contribution is 2.29. The summed E-state index contributed by atoms with van der Waals surface area (Å²) < 4.78 is 26.8. The van der Waals surface area contributed by atoms with Crippen LogP contribution < -0.4 is 0 Å². The summed E-state index contributed by atoms with van der Waals surface area (Å²) in [7, 11) is 0. The van der Waals surface area contributed by atoms with Crippen molar-refractivity contribution in [2.75, 3.05) is 0 Å². The van der Waals surface area contributed by atoms with Crippen LogP contribution in [0.3, 0.4) is 0 Å². The number of hydrogen-bond acceptors (Lipinski definition) is 0. The molecule has 0 radical (unpaired) electrons. The minimum Gasteiger partial charge on any atom is -0.203 e. The Balaban J connectivity index is 0.000000606. The van der Waals surface area contributed by atoms with E-state index in [1.165, 1.54) is 0 Å². The lowest BCUT2D eigenvalue weighted by molar-refractivity contribution is 0.446. The molecule has 16 heavy (non-hydrogen) atoms. The summed E-state index contributed by atoms with van der Waals surface area (Å²) in [6, 6.07) is 1.79. The first-order chi connectivity index (χ1) is 7.59. The van der Waals surface area contributed by atoms with Crippen molar-refractivity contribution in [2.45, 2.75) is 47.0 Å². The average Bonchev–Trinajstić information content (AvgIpc) is 2.30. The highest BCUT2D eigenvalue weighted by atomic mass is 19.2. The van der Waals surface area contributed by atoms with E-state index < -0.39 is 11.6 Å². The van der Waals surface area contributed by atoms with Gasteiger partial charge in [0.15, 0.2) is 11.6 Å². The van der Waals surface area contributed by atoms with Crippen molar-refractivity contribution in [1.82, 2.24) is 0 Å². The standard InChI is InChI=1S/C12H14F2.C2H6/c1-7-3-4-9-6-8(2)11(13)12(14)10(9)5-7;1-2/h6-7H,3-5H2,1-2H3;1-2H3. The second kappa shape index (κ2) is 5.42. The lowest BCUT2D eigenvalue weighted by atomic mass is 9.84. The molecule has 0 N–H and O–H groups in total. The predicted molar refractivity (Wildman–Crippen MR) is 63.6 cm³/mol. The van der Waals surface area contributed by atoms with E-state index in [4.69, 9.17) is 0 Å². The fourth-order valence-electron chi connectivity index (χ4n) is 2.15. The molecule has 1 unspecified atom stereocenters. The van der Waals surface area contributed by atoms with Crippen LogP contribution in [0.15, 0.2) is 6.07 Å². The van der Waals surface area contributed by atoms with Crippen LogP contribution in [0.25, 0.3) is 0 Å². The zero-order chi connectivity index (χ0) is 12.3. The number of aryl methyl sites for hydroxylation is 2. The molecule has 1 aliphatic rings. The first-order valence-corrected chi connectivity index (χ1v) is 6.06. The van der Waals surface area contributed by atoms with Crippen LogP contribution in [-0.4, -0.2) is 0 Å². The molecule has 1 aliphatic carbocycles. The van der Waals surface area contributed by atoms with Gasteiger partial charge in [-0.2, -0.15) is 0 Å². The highest BCUT2D eigenvalue weighted by molar-refractivity contribution is 5.36. The minimum atomic E-state index is -0.669. The molecule has 0 saturated heterocycles. The van der Waals surface area contributed by atoms with Crippen molar-refractivity contribution in [3.05, 3.63) is 34.4 Å². The lowest BCUT2D eigenvalue weighted by Crippen LogP contribution is -2.14. The molecule has 0 aromatic heterocycles. The molecule has 2 heteroatoms. The zero-order valence-corrected chi connectivity index (χ0v) is 10.5. The number of benzene rings is 1. The van der Waals surface area contributed by atoms with Gasteiger partial charge in [-0.05, 0) is 48.8 Å². The van der Waals surface area contributed by atoms with Gasteiger partial charge in [0.2, 0.25) is 0 Å². The van der Waals surface area contributed by atoms with E-state index in [-0.39, 0.29) is 0 Å². The van der Waals surface area contributed by atoms with Crippen LogP contribution in [0, 0.1) is 24.5 Å². The Hall–Kier alpha value is -0.920. The molecular formula is C14H20F2. The maximum Gasteiger partial charge on any atom is 0.162 e. The molecule has 90 valence electrons. The van der Waals surface area contributed by atoms with E-state index >= 15 is 0 Å². The highest BCUT2D eigenvalue weighted by Gasteiger charge is 2.22. The number of hydrogen-bond donors (Lipinski definition) is 0. The van der Waals surface area contributed by atoms with Crippen LogP contribution in [0.2, 0.25) is 0 Å². The molecule has 0 spiro atoms. The van der Waals surface area contributed by atoms with Crippen molar-refractivity contribution in [3.8, 4) is 0 Å². The second-order valence-corrected chi connectivity index (χ2v) is 4.31. The number of rotatable bonds is 0. The number of halogens is 2. The van der Waals surface area contributed by atoms with Gasteiger partial charge >= 0.3 is 0 Å². The fourth-order valence-corrected chi connectivity index (χ4v) is 2.15. The second-order valence-electron chi connectivity index (χ2n) is 4.31. The summed E-state index contributed by atoms with van der Waals surface area (Å²) in [6.45, 7) is 7.71. The van der Waals surface area contributed by atoms with Crippen LogP contribution >= 0.6 is 0 Å². The van der Waals surface area contributed by atoms with Crippen molar-refractivity contribution in [1.29, 1.82) is 0 Å². The summed E-state index contributed by atoms with van der Waals surface area (Å²) in [5, 5.41) is 0. The van der Waals surface area contributed by atoms with Crippen LogP contribution in [-0.2, 0) is 12.8 Å². The molecule has 0 nitrogen and oxygen atoms in total. The fraction of sp³-hybridized carbons (Fsp3) is 0.571. The Kier molecular flexibility index (Phi) is 4.45. The van der Waals surface area contributed by atoms with Gasteiger partial charge in [0.1, 0.15) is 0 Å². The van der Waals surface area contributed by atoms with E-state index in [0.717, 1.165) is 18.4 Å². The summed E-state index contributed by atoms with van der Waals surface area (Å²) in [6.07, 6.45) is 2.64. The summed E-state index contributed by atoms with van der Waals surface area (Å²) >= 11 is 0. The average molecular weight is 226 g/mol. The Morgan fingerprint density at radius 2 is 1.81 bits per heavy atom. The van der Waals surface area contributed by atoms with E-state index in [1.807, 2.05) is 13.8 Å². The van der Waals surface area contributed by atoms with Crippen molar-refractivity contribution in [3.63, 3.8) is 0 Å². The molecule has 1 aromatic carbocycles. The van der Waals surface area contributed by atoms with Gasteiger partial charge in [-0.25, -0.2) is 8.78 Å².